The summed E-state index contributed by atoms with van der Waals surface area (Å²) in [4.78, 5) is 44.8. The van der Waals surface area contributed by atoms with Crippen LogP contribution in [0.4, 0.5) is 0 Å². The van der Waals surface area contributed by atoms with Crippen molar-refractivity contribution in [3.63, 3.8) is 0 Å². The Morgan fingerprint density at radius 1 is 1.05 bits per heavy atom. The largest absolute Gasteiger partial charge is 0.459 e. The number of nitrogens with one attached hydrogen (secondary N) is 2. The lowest BCUT2D eigenvalue weighted by molar-refractivity contribution is -0.298. The zero-order chi connectivity index (χ0) is 43.2. The van der Waals surface area contributed by atoms with Crippen molar-refractivity contribution in [2.24, 2.45) is 23.7 Å². The van der Waals surface area contributed by atoms with E-state index in [0.717, 1.165) is 16.8 Å². The van der Waals surface area contributed by atoms with Gasteiger partial charge in [0.2, 0.25) is 0 Å². The van der Waals surface area contributed by atoms with Gasteiger partial charge in [0.1, 0.15) is 23.9 Å². The van der Waals surface area contributed by atoms with Crippen molar-refractivity contribution < 1.29 is 43.2 Å². The van der Waals surface area contributed by atoms with Gasteiger partial charge in [-0.15, -0.1) is 0 Å². The molecule has 15 heteroatoms. The zero-order valence-electron chi connectivity index (χ0n) is 36.0. The van der Waals surface area contributed by atoms with Crippen LogP contribution in [0.3, 0.4) is 0 Å². The van der Waals surface area contributed by atoms with Gasteiger partial charge in [0.05, 0.1) is 36.3 Å². The summed E-state index contributed by atoms with van der Waals surface area (Å²) in [6, 6.07) is 10.8. The van der Waals surface area contributed by atoms with Gasteiger partial charge in [-0.1, -0.05) is 64.1 Å². The smallest absolute Gasteiger partial charge is 0.316 e. The van der Waals surface area contributed by atoms with E-state index in [1.54, 1.807) is 20.0 Å². The van der Waals surface area contributed by atoms with Gasteiger partial charge >= 0.3 is 5.97 Å². The average Bonchev–Trinajstić information content (AvgIpc) is 3.53. The minimum atomic E-state index is -1.33. The van der Waals surface area contributed by atoms with Crippen molar-refractivity contribution in [3.8, 4) is 11.3 Å². The van der Waals surface area contributed by atoms with E-state index in [9.17, 15) is 19.5 Å². The first-order valence-electron chi connectivity index (χ1n) is 20.7. The standard InChI is InChI=1S/C44H63N5O9S/c1-11-34-44(8)38(47-42(59)58-44)27(4)35(50)25(2)23-43(7,54-24-45-20-12-14-30-16-18-31(19-17-30)32-15-13-21-46-48-32)39(28(5)36(51)29(6)40(53)56-34)57-41-37(52)33(49(9)10)22-26(3)55-41/h12-19,21,25-29,33-34,37-39,41,45,52H,11,20,22-24H2,1-10H3,(H,47,59)/b14-12+/t25-,26-,27+,28+,29-,33+,34-,37-,38-,39?,41+,43-,44-/m1/s1. The second-order valence-electron chi connectivity index (χ2n) is 17.1. The summed E-state index contributed by atoms with van der Waals surface area (Å²) in [5, 5.41) is 26.3. The number of esters is 1. The number of benzene rings is 1. The van der Waals surface area contributed by atoms with Gasteiger partial charge in [-0.3, -0.25) is 19.7 Å². The molecule has 14 nitrogen and oxygen atoms in total. The summed E-state index contributed by atoms with van der Waals surface area (Å²) in [6.45, 7) is 14.7. The predicted molar refractivity (Wildman–Crippen MR) is 227 cm³/mol. The highest BCUT2D eigenvalue weighted by Gasteiger charge is 2.56. The molecule has 4 heterocycles. The summed E-state index contributed by atoms with van der Waals surface area (Å²) in [5.74, 6) is -4.68. The van der Waals surface area contributed by atoms with E-state index >= 15 is 0 Å². The first-order valence-corrected chi connectivity index (χ1v) is 21.1. The maximum atomic E-state index is 14.5. The third kappa shape index (κ3) is 10.6. The van der Waals surface area contributed by atoms with Gasteiger partial charge in [-0.05, 0) is 91.0 Å². The van der Waals surface area contributed by atoms with Crippen molar-refractivity contribution in [2.75, 3.05) is 27.4 Å². The normalized spacial score (nSPS) is 36.2. The summed E-state index contributed by atoms with van der Waals surface area (Å²) >= 11 is 5.44. The van der Waals surface area contributed by atoms with Crippen LogP contribution >= 0.6 is 12.2 Å². The molecule has 0 aliphatic carbocycles. The number of cyclic esters (lactones) is 1. The lowest BCUT2D eigenvalue weighted by Crippen LogP contribution is -2.60. The molecule has 0 bridgehead atoms. The molecule has 3 N–H and O–H groups in total. The summed E-state index contributed by atoms with van der Waals surface area (Å²) in [6.07, 6.45) is 2.28. The molecule has 1 unspecified atom stereocenters. The molecule has 3 aliphatic rings. The number of ketones is 2. The van der Waals surface area contributed by atoms with E-state index in [-0.39, 0.29) is 36.3 Å². The molecule has 3 aliphatic heterocycles. The Labute approximate surface area is 354 Å². The molecule has 324 valence electrons. The van der Waals surface area contributed by atoms with Crippen LogP contribution in [0.5, 0.6) is 0 Å². The van der Waals surface area contributed by atoms with Gasteiger partial charge in [0, 0.05) is 42.1 Å². The first kappa shape index (κ1) is 46.4. The predicted octanol–water partition coefficient (Wildman–Crippen LogP) is 4.73. The van der Waals surface area contributed by atoms with E-state index in [1.165, 1.54) is 6.92 Å². The Morgan fingerprint density at radius 3 is 2.41 bits per heavy atom. The lowest BCUT2D eigenvalue weighted by Gasteiger charge is -2.47. The molecule has 3 fully saturated rings. The SMILES string of the molecule is CC[C@H]1OC(=O)[C@H](C)C(=O)[C@H](C)C(O[C@@H]2O[C@H](C)C[C@H](N(C)C)[C@H]2O)[C@](C)(OCNC/C=C/c2ccc(-c3cccnn3)cc2)C[C@@H](C)C(=O)[C@H](C)[C@H]2NC(=S)O[C@@]21C. The van der Waals surface area contributed by atoms with Crippen LogP contribution in [0.1, 0.15) is 80.2 Å². The number of Topliss-reactive ketones (excluding diaryl/α,β-unsaturated/α-hetero) is 2. The van der Waals surface area contributed by atoms with Crippen LogP contribution in [0, 0.1) is 23.7 Å². The van der Waals surface area contributed by atoms with Crippen molar-refractivity contribution in [1.29, 1.82) is 0 Å². The van der Waals surface area contributed by atoms with Crippen LogP contribution in [-0.2, 0) is 38.1 Å². The average molecular weight is 838 g/mol. The number of thiocarbonyl (C=S) groups is 1. The molecule has 59 heavy (non-hydrogen) atoms. The minimum Gasteiger partial charge on any atom is -0.459 e. The molecule has 3 saturated heterocycles. The third-order valence-corrected chi connectivity index (χ3v) is 12.5. The van der Waals surface area contributed by atoms with E-state index in [1.807, 2.05) is 102 Å². The molecule has 0 amide bonds. The molecule has 1 aromatic carbocycles. The number of carbonyl (C=O) groups excluding carboxylic acids is 3. The fourth-order valence-electron chi connectivity index (χ4n) is 8.90. The number of hydrogen-bond donors (Lipinski definition) is 3. The monoisotopic (exact) mass is 837 g/mol. The molecule has 1 aromatic heterocycles. The highest BCUT2D eigenvalue weighted by atomic mass is 32.1. The van der Waals surface area contributed by atoms with Crippen LogP contribution in [0.15, 0.2) is 48.7 Å². The van der Waals surface area contributed by atoms with Crippen LogP contribution in [-0.4, -0.2) is 124 Å². The van der Waals surface area contributed by atoms with Crippen LogP contribution < -0.4 is 10.6 Å². The van der Waals surface area contributed by atoms with E-state index in [2.05, 4.69) is 20.8 Å². The topological polar surface area (TPSA) is 171 Å². The van der Waals surface area contributed by atoms with E-state index < -0.39 is 77.3 Å². The Kier molecular flexibility index (Phi) is 15.5. The zero-order valence-corrected chi connectivity index (χ0v) is 36.9. The number of likely N-dealkylation sites (N-methyl/N-ethyl adjacent to an activating group) is 1. The van der Waals surface area contributed by atoms with Crippen LogP contribution in [0.2, 0.25) is 0 Å². The first-order chi connectivity index (χ1) is 27.9. The molecule has 0 spiro atoms. The second-order valence-corrected chi connectivity index (χ2v) is 17.4. The number of nitrogens with zero attached hydrogens (tertiary/aromatic N) is 3. The molecular weight excluding hydrogens is 775 g/mol. The van der Waals surface area contributed by atoms with Gasteiger partial charge in [-0.25, -0.2) is 0 Å². The minimum absolute atomic E-state index is 0.0224. The quantitative estimate of drug-likeness (QED) is 0.0933. The maximum absolute atomic E-state index is 14.5. The number of aromatic nitrogens is 2. The lowest BCUT2D eigenvalue weighted by atomic mass is 9.73. The Morgan fingerprint density at radius 2 is 1.76 bits per heavy atom. The number of fused-ring (bicyclic) bond motifs is 1. The summed E-state index contributed by atoms with van der Waals surface area (Å²) < 4.78 is 31.9. The molecule has 2 aromatic rings. The second kappa shape index (κ2) is 19.8. The van der Waals surface area contributed by atoms with Crippen molar-refractivity contribution in [3.05, 3.63) is 54.2 Å². The highest BCUT2D eigenvalue weighted by molar-refractivity contribution is 7.80. The van der Waals surface area contributed by atoms with Gasteiger partial charge in [-0.2, -0.15) is 10.2 Å². The number of ether oxygens (including phenoxy) is 5. The molecule has 13 atom stereocenters. The number of carbonyl (C=O) groups is 3. The Hall–Kier alpha value is -3.70. The summed E-state index contributed by atoms with van der Waals surface area (Å²) in [5.41, 5.74) is 0.245. The van der Waals surface area contributed by atoms with E-state index in [0.29, 0.717) is 19.4 Å². The fraction of sp³-hybridized carbons (Fsp3) is 0.636. The molecule has 0 radical (unpaired) electrons. The molecule has 5 rings (SSSR count). The third-order valence-electron chi connectivity index (χ3n) is 12.3. The van der Waals surface area contributed by atoms with Crippen molar-refractivity contribution in [1.82, 2.24) is 25.7 Å². The van der Waals surface area contributed by atoms with Crippen molar-refractivity contribution >= 4 is 41.0 Å². The number of aliphatic hydroxyl groups is 1. The Balaban J connectivity index is 1.45. The maximum Gasteiger partial charge on any atom is 0.316 e. The van der Waals surface area contributed by atoms with E-state index in [4.69, 9.17) is 35.9 Å². The van der Waals surface area contributed by atoms with Gasteiger partial charge in [0.25, 0.3) is 5.17 Å². The number of aliphatic hydroxyl groups excluding tert-OH is 1. The highest BCUT2D eigenvalue weighted by Crippen LogP contribution is 2.40. The van der Waals surface area contributed by atoms with Gasteiger partial charge < -0.3 is 39.0 Å². The van der Waals surface area contributed by atoms with Crippen molar-refractivity contribution in [2.45, 2.75) is 129 Å². The Bertz CT molecular complexity index is 1800. The fourth-order valence-corrected chi connectivity index (χ4v) is 9.21. The van der Waals surface area contributed by atoms with Gasteiger partial charge in [0.15, 0.2) is 17.7 Å². The van der Waals surface area contributed by atoms with Crippen LogP contribution in [0.25, 0.3) is 17.3 Å². The summed E-state index contributed by atoms with van der Waals surface area (Å²) in [7, 11) is 3.76. The number of rotatable bonds is 11. The number of hydrogen-bond acceptors (Lipinski definition) is 14. The molecular formula is C44H63N5O9S. The molecule has 0 saturated carbocycles.